The van der Waals surface area contributed by atoms with Crippen molar-refractivity contribution in [2.24, 2.45) is 11.3 Å². The van der Waals surface area contributed by atoms with Crippen LogP contribution in [-0.2, 0) is 0 Å². The van der Waals surface area contributed by atoms with Gasteiger partial charge in [0.1, 0.15) is 5.82 Å². The van der Waals surface area contributed by atoms with Gasteiger partial charge in [-0.1, -0.05) is 13.8 Å². The zero-order valence-corrected chi connectivity index (χ0v) is 10.5. The Morgan fingerprint density at radius 2 is 2.24 bits per heavy atom. The molecule has 0 fully saturated rings. The molecule has 1 heterocycles. The van der Waals surface area contributed by atoms with E-state index in [-0.39, 0.29) is 12.0 Å². The molecular weight excluding hydrogens is 216 g/mol. The van der Waals surface area contributed by atoms with Crippen molar-refractivity contribution >= 4 is 11.5 Å². The van der Waals surface area contributed by atoms with Gasteiger partial charge in [-0.3, -0.25) is 0 Å². The Kier molecular flexibility index (Phi) is 5.18. The van der Waals surface area contributed by atoms with Crippen molar-refractivity contribution in [3.63, 3.8) is 0 Å². The molecule has 1 aromatic rings. The van der Waals surface area contributed by atoms with Crippen LogP contribution < -0.4 is 16.6 Å². The van der Waals surface area contributed by atoms with Crippen molar-refractivity contribution in [1.82, 2.24) is 4.98 Å². The molecule has 0 aliphatic rings. The predicted molar refractivity (Wildman–Crippen MR) is 70.6 cm³/mol. The highest BCUT2D eigenvalue weighted by atomic mass is 16.2. The summed E-state index contributed by atoms with van der Waals surface area (Å²) in [6, 6.07) is 3.77. The van der Waals surface area contributed by atoms with Crippen molar-refractivity contribution in [2.45, 2.75) is 26.7 Å². The van der Waals surface area contributed by atoms with E-state index < -0.39 is 0 Å². The number of nitrogen functional groups attached to an aromatic ring is 1. The van der Waals surface area contributed by atoms with E-state index in [1.807, 2.05) is 12.1 Å². The Labute approximate surface area is 102 Å². The van der Waals surface area contributed by atoms with Crippen LogP contribution in [-0.4, -0.2) is 23.2 Å². The third-order valence-corrected chi connectivity index (χ3v) is 2.69. The second-order valence-electron chi connectivity index (χ2n) is 4.92. The number of aromatic nitrogens is 1. The van der Waals surface area contributed by atoms with Gasteiger partial charge in [-0.15, -0.1) is 0 Å². The average Bonchev–Trinajstić information content (AvgIpc) is 2.34. The molecule has 0 saturated carbocycles. The molecule has 0 amide bonds. The van der Waals surface area contributed by atoms with Crippen molar-refractivity contribution in [1.29, 1.82) is 0 Å². The summed E-state index contributed by atoms with van der Waals surface area (Å²) in [5.41, 5.74) is 3.66. The number of hydrazine groups is 1. The lowest BCUT2D eigenvalue weighted by Crippen LogP contribution is -2.23. The van der Waals surface area contributed by atoms with E-state index in [0.29, 0.717) is 5.82 Å². The van der Waals surface area contributed by atoms with Crippen LogP contribution in [0.3, 0.4) is 0 Å². The minimum atomic E-state index is 0.155. The Morgan fingerprint density at radius 1 is 1.47 bits per heavy atom. The first-order chi connectivity index (χ1) is 8.07. The molecule has 5 N–H and O–H groups in total. The van der Waals surface area contributed by atoms with E-state index in [2.05, 4.69) is 29.6 Å². The van der Waals surface area contributed by atoms with Crippen LogP contribution >= 0.6 is 0 Å². The van der Waals surface area contributed by atoms with Gasteiger partial charge in [-0.2, -0.15) is 0 Å². The number of nitrogens with two attached hydrogens (primary N) is 1. The molecule has 0 unspecified atom stereocenters. The van der Waals surface area contributed by atoms with Gasteiger partial charge < -0.3 is 15.8 Å². The third kappa shape index (κ3) is 5.01. The van der Waals surface area contributed by atoms with Crippen LogP contribution in [0.5, 0.6) is 0 Å². The molecule has 0 bridgehead atoms. The summed E-state index contributed by atoms with van der Waals surface area (Å²) in [6.07, 6.45) is 3.53. The molecule has 1 rings (SSSR count). The second kappa shape index (κ2) is 6.42. The number of pyridine rings is 1. The second-order valence-corrected chi connectivity index (χ2v) is 4.92. The Hall–Kier alpha value is -1.33. The SMILES string of the molecule is CC(C)(CCCO)CNc1ccnc(NN)c1. The highest BCUT2D eigenvalue weighted by Gasteiger charge is 2.16. The van der Waals surface area contributed by atoms with Gasteiger partial charge in [0.2, 0.25) is 0 Å². The molecule has 0 atom stereocenters. The molecule has 5 heteroatoms. The van der Waals surface area contributed by atoms with Gasteiger partial charge >= 0.3 is 0 Å². The maximum atomic E-state index is 8.83. The fourth-order valence-corrected chi connectivity index (χ4v) is 1.61. The fraction of sp³-hybridized carbons (Fsp3) is 0.583. The standard InChI is InChI=1S/C12H22N4O/c1-12(2,5-3-7-17)9-15-10-4-6-14-11(8-10)16-13/h4,6,8,17H,3,5,7,9,13H2,1-2H3,(H2,14,15,16). The van der Waals surface area contributed by atoms with E-state index in [1.165, 1.54) is 0 Å². The first-order valence-electron chi connectivity index (χ1n) is 5.85. The number of nitrogens with zero attached hydrogens (tertiary/aromatic N) is 1. The first kappa shape index (κ1) is 13.7. The largest absolute Gasteiger partial charge is 0.396 e. The van der Waals surface area contributed by atoms with Gasteiger partial charge in [-0.25, -0.2) is 10.8 Å². The molecular formula is C12H22N4O. The molecule has 0 radical (unpaired) electrons. The Morgan fingerprint density at radius 3 is 2.88 bits per heavy atom. The first-order valence-corrected chi connectivity index (χ1v) is 5.85. The van der Waals surface area contributed by atoms with E-state index in [9.17, 15) is 0 Å². The summed E-state index contributed by atoms with van der Waals surface area (Å²) in [5, 5.41) is 12.2. The van der Waals surface area contributed by atoms with Crippen LogP contribution in [0.1, 0.15) is 26.7 Å². The number of nitrogens with one attached hydrogen (secondary N) is 2. The minimum Gasteiger partial charge on any atom is -0.396 e. The Bertz CT molecular complexity index is 341. The number of hydrogen-bond acceptors (Lipinski definition) is 5. The summed E-state index contributed by atoms with van der Waals surface area (Å²) in [7, 11) is 0. The topological polar surface area (TPSA) is 83.2 Å². The lowest BCUT2D eigenvalue weighted by Gasteiger charge is -2.25. The molecule has 0 aliphatic carbocycles. The lowest BCUT2D eigenvalue weighted by molar-refractivity contribution is 0.248. The highest BCUT2D eigenvalue weighted by Crippen LogP contribution is 2.23. The molecule has 0 aliphatic heterocycles. The molecule has 17 heavy (non-hydrogen) atoms. The summed E-state index contributed by atoms with van der Waals surface area (Å²) >= 11 is 0. The normalized spacial score (nSPS) is 11.3. The quantitative estimate of drug-likeness (QED) is 0.428. The summed E-state index contributed by atoms with van der Waals surface area (Å²) in [6.45, 7) is 5.46. The van der Waals surface area contributed by atoms with Gasteiger partial charge in [0.15, 0.2) is 0 Å². The molecule has 0 spiro atoms. The number of hydrogen-bond donors (Lipinski definition) is 4. The van der Waals surface area contributed by atoms with E-state index >= 15 is 0 Å². The number of aliphatic hydroxyl groups excluding tert-OH is 1. The smallest absolute Gasteiger partial charge is 0.141 e. The molecule has 96 valence electrons. The summed E-state index contributed by atoms with van der Waals surface area (Å²) in [4.78, 5) is 4.04. The van der Waals surface area contributed by atoms with Gasteiger partial charge in [-0.05, 0) is 24.3 Å². The zero-order chi connectivity index (χ0) is 12.7. The minimum absolute atomic E-state index is 0.155. The Balaban J connectivity index is 2.48. The van der Waals surface area contributed by atoms with Crippen LogP contribution in [0.4, 0.5) is 11.5 Å². The van der Waals surface area contributed by atoms with Gasteiger partial charge in [0, 0.05) is 31.1 Å². The highest BCUT2D eigenvalue weighted by molar-refractivity contribution is 5.51. The monoisotopic (exact) mass is 238 g/mol. The van der Waals surface area contributed by atoms with Crippen LogP contribution in [0.15, 0.2) is 18.3 Å². The van der Waals surface area contributed by atoms with E-state index in [0.717, 1.165) is 25.1 Å². The van der Waals surface area contributed by atoms with E-state index in [4.69, 9.17) is 10.9 Å². The van der Waals surface area contributed by atoms with Gasteiger partial charge in [0.05, 0.1) is 0 Å². The molecule has 1 aromatic heterocycles. The van der Waals surface area contributed by atoms with E-state index in [1.54, 1.807) is 6.20 Å². The van der Waals surface area contributed by atoms with Crippen molar-refractivity contribution < 1.29 is 5.11 Å². The molecule has 0 aromatic carbocycles. The average molecular weight is 238 g/mol. The van der Waals surface area contributed by atoms with Crippen LogP contribution in [0.2, 0.25) is 0 Å². The third-order valence-electron chi connectivity index (χ3n) is 2.69. The lowest BCUT2D eigenvalue weighted by atomic mass is 9.88. The fourth-order valence-electron chi connectivity index (χ4n) is 1.61. The maximum absolute atomic E-state index is 8.83. The summed E-state index contributed by atoms with van der Waals surface area (Å²) < 4.78 is 0. The van der Waals surface area contributed by atoms with Crippen molar-refractivity contribution in [2.75, 3.05) is 23.9 Å². The zero-order valence-electron chi connectivity index (χ0n) is 10.5. The van der Waals surface area contributed by atoms with Crippen molar-refractivity contribution in [3.8, 4) is 0 Å². The van der Waals surface area contributed by atoms with Crippen LogP contribution in [0, 0.1) is 5.41 Å². The number of aliphatic hydroxyl groups is 1. The number of rotatable bonds is 7. The predicted octanol–water partition coefficient (Wildman–Crippen LogP) is 1.58. The van der Waals surface area contributed by atoms with Gasteiger partial charge in [0.25, 0.3) is 0 Å². The maximum Gasteiger partial charge on any atom is 0.141 e. The van der Waals surface area contributed by atoms with Crippen molar-refractivity contribution in [3.05, 3.63) is 18.3 Å². The molecule has 0 saturated heterocycles. The van der Waals surface area contributed by atoms with Crippen LogP contribution in [0.25, 0.3) is 0 Å². The molecule has 5 nitrogen and oxygen atoms in total. The summed E-state index contributed by atoms with van der Waals surface area (Å²) in [5.74, 6) is 5.94. The number of anilines is 2.